The molecule has 1 aromatic rings. The van der Waals surface area contributed by atoms with Crippen LogP contribution in [0.3, 0.4) is 0 Å². The van der Waals surface area contributed by atoms with E-state index < -0.39 is 0 Å². The van der Waals surface area contributed by atoms with E-state index in [0.717, 1.165) is 5.92 Å². The van der Waals surface area contributed by atoms with Crippen LogP contribution in [0.5, 0.6) is 0 Å². The summed E-state index contributed by atoms with van der Waals surface area (Å²) in [7, 11) is 0. The first-order valence-electron chi connectivity index (χ1n) is 4.76. The van der Waals surface area contributed by atoms with Crippen molar-refractivity contribution in [3.63, 3.8) is 0 Å². The first-order chi connectivity index (χ1) is 6.24. The van der Waals surface area contributed by atoms with E-state index in [1.165, 1.54) is 22.1 Å². The molecule has 0 aliphatic heterocycles. The zero-order chi connectivity index (χ0) is 9.26. The van der Waals surface area contributed by atoms with Gasteiger partial charge >= 0.3 is 0 Å². The third kappa shape index (κ3) is 2.36. The van der Waals surface area contributed by atoms with Crippen LogP contribution >= 0.6 is 22.6 Å². The lowest BCUT2D eigenvalue weighted by Crippen LogP contribution is -2.33. The van der Waals surface area contributed by atoms with Crippen molar-refractivity contribution in [2.45, 2.75) is 25.8 Å². The highest BCUT2D eigenvalue weighted by atomic mass is 127. The molecule has 1 aliphatic carbocycles. The van der Waals surface area contributed by atoms with Gasteiger partial charge in [0, 0.05) is 15.3 Å². The van der Waals surface area contributed by atoms with E-state index in [4.69, 9.17) is 0 Å². The van der Waals surface area contributed by atoms with Gasteiger partial charge in [-0.05, 0) is 59.5 Å². The van der Waals surface area contributed by atoms with Crippen molar-refractivity contribution in [3.8, 4) is 0 Å². The lowest BCUT2D eigenvalue weighted by molar-refractivity contribution is 0.309. The van der Waals surface area contributed by atoms with E-state index >= 15 is 0 Å². The number of nitrogens with one attached hydrogen (secondary N) is 1. The number of benzene rings is 1. The van der Waals surface area contributed by atoms with E-state index in [-0.39, 0.29) is 0 Å². The van der Waals surface area contributed by atoms with Crippen LogP contribution in [0.4, 0.5) is 5.69 Å². The monoisotopic (exact) mass is 287 g/mol. The van der Waals surface area contributed by atoms with Crippen molar-refractivity contribution in [2.75, 3.05) is 5.32 Å². The predicted molar refractivity (Wildman–Crippen MR) is 65.0 cm³/mol. The Morgan fingerprint density at radius 1 is 1.38 bits per heavy atom. The molecule has 2 rings (SSSR count). The second kappa shape index (κ2) is 3.86. The summed E-state index contributed by atoms with van der Waals surface area (Å²) in [6, 6.07) is 9.28. The number of anilines is 1. The standard InChI is InChI=1S/C11H14IN/c1-8-5-11(6-8)13-10-4-2-3-9(12)7-10/h2-4,7-8,11,13H,5-6H2,1H3. The quantitative estimate of drug-likeness (QED) is 0.821. The summed E-state index contributed by atoms with van der Waals surface area (Å²) in [5.74, 6) is 0.917. The Hall–Kier alpha value is -0.250. The average molecular weight is 287 g/mol. The SMILES string of the molecule is CC1CC(Nc2cccc(I)c2)C1. The lowest BCUT2D eigenvalue weighted by atomic mass is 9.82. The number of halogens is 1. The van der Waals surface area contributed by atoms with Gasteiger partial charge in [0.1, 0.15) is 0 Å². The van der Waals surface area contributed by atoms with Gasteiger partial charge < -0.3 is 5.32 Å². The number of hydrogen-bond acceptors (Lipinski definition) is 1. The van der Waals surface area contributed by atoms with Gasteiger partial charge in [-0.15, -0.1) is 0 Å². The van der Waals surface area contributed by atoms with Crippen LogP contribution in [-0.4, -0.2) is 6.04 Å². The van der Waals surface area contributed by atoms with Crippen molar-refractivity contribution in [3.05, 3.63) is 27.8 Å². The highest BCUT2D eigenvalue weighted by Gasteiger charge is 2.24. The molecule has 0 heterocycles. The first kappa shape index (κ1) is 9.31. The second-order valence-corrected chi connectivity index (χ2v) is 5.17. The summed E-state index contributed by atoms with van der Waals surface area (Å²) < 4.78 is 1.30. The fraction of sp³-hybridized carbons (Fsp3) is 0.455. The molecule has 0 spiro atoms. The van der Waals surface area contributed by atoms with Crippen LogP contribution in [0, 0.1) is 9.49 Å². The van der Waals surface area contributed by atoms with Crippen molar-refractivity contribution in [1.82, 2.24) is 0 Å². The van der Waals surface area contributed by atoms with E-state index in [9.17, 15) is 0 Å². The van der Waals surface area contributed by atoms with Crippen molar-refractivity contribution in [1.29, 1.82) is 0 Å². The Bertz CT molecular complexity index is 292. The average Bonchev–Trinajstić information content (AvgIpc) is 2.01. The van der Waals surface area contributed by atoms with Crippen LogP contribution in [-0.2, 0) is 0 Å². The van der Waals surface area contributed by atoms with Crippen LogP contribution in [0.25, 0.3) is 0 Å². The molecule has 70 valence electrons. The highest BCUT2D eigenvalue weighted by Crippen LogP contribution is 2.29. The summed E-state index contributed by atoms with van der Waals surface area (Å²) >= 11 is 2.35. The van der Waals surface area contributed by atoms with Gasteiger partial charge in [-0.1, -0.05) is 13.0 Å². The Labute approximate surface area is 93.1 Å². The minimum atomic E-state index is 0.716. The largest absolute Gasteiger partial charge is 0.382 e. The topological polar surface area (TPSA) is 12.0 Å². The van der Waals surface area contributed by atoms with Gasteiger partial charge in [0.05, 0.1) is 0 Å². The van der Waals surface area contributed by atoms with Gasteiger partial charge in [-0.25, -0.2) is 0 Å². The summed E-state index contributed by atoms with van der Waals surface area (Å²) in [4.78, 5) is 0. The molecule has 0 atom stereocenters. The number of rotatable bonds is 2. The van der Waals surface area contributed by atoms with Crippen molar-refractivity contribution in [2.24, 2.45) is 5.92 Å². The molecule has 1 N–H and O–H groups in total. The smallest absolute Gasteiger partial charge is 0.0352 e. The molecule has 1 aliphatic rings. The first-order valence-corrected chi connectivity index (χ1v) is 5.84. The summed E-state index contributed by atoms with van der Waals surface area (Å²) in [6.07, 6.45) is 2.65. The molecule has 0 aromatic heterocycles. The van der Waals surface area contributed by atoms with Gasteiger partial charge in [0.2, 0.25) is 0 Å². The molecule has 1 saturated carbocycles. The predicted octanol–water partition coefficient (Wildman–Crippen LogP) is 3.50. The Morgan fingerprint density at radius 3 is 2.77 bits per heavy atom. The molecule has 2 heteroatoms. The van der Waals surface area contributed by atoms with Gasteiger partial charge in [-0.2, -0.15) is 0 Å². The minimum absolute atomic E-state index is 0.716. The van der Waals surface area contributed by atoms with Crippen LogP contribution in [0.15, 0.2) is 24.3 Å². The molecule has 13 heavy (non-hydrogen) atoms. The van der Waals surface area contributed by atoms with Crippen LogP contribution in [0.2, 0.25) is 0 Å². The fourth-order valence-corrected chi connectivity index (χ4v) is 2.38. The lowest BCUT2D eigenvalue weighted by Gasteiger charge is -2.34. The van der Waals surface area contributed by atoms with E-state index in [0.29, 0.717) is 6.04 Å². The molecular formula is C11H14IN. The molecule has 0 amide bonds. The maximum absolute atomic E-state index is 3.54. The molecule has 0 unspecified atom stereocenters. The van der Waals surface area contributed by atoms with Gasteiger partial charge in [0.15, 0.2) is 0 Å². The third-order valence-corrected chi connectivity index (χ3v) is 3.24. The van der Waals surface area contributed by atoms with Gasteiger partial charge in [0.25, 0.3) is 0 Å². The number of hydrogen-bond donors (Lipinski definition) is 1. The molecule has 0 radical (unpaired) electrons. The normalized spacial score (nSPS) is 26.6. The molecule has 0 saturated heterocycles. The summed E-state index contributed by atoms with van der Waals surface area (Å²) in [5, 5.41) is 3.54. The molecule has 1 nitrogen and oxygen atoms in total. The van der Waals surface area contributed by atoms with E-state index in [2.05, 4.69) is 59.1 Å². The van der Waals surface area contributed by atoms with Crippen molar-refractivity contribution < 1.29 is 0 Å². The molecule has 0 bridgehead atoms. The molecule has 1 aromatic carbocycles. The zero-order valence-electron chi connectivity index (χ0n) is 7.76. The Balaban J connectivity index is 1.94. The summed E-state index contributed by atoms with van der Waals surface area (Å²) in [5.41, 5.74) is 1.27. The second-order valence-electron chi connectivity index (χ2n) is 3.93. The minimum Gasteiger partial charge on any atom is -0.382 e. The Kier molecular flexibility index (Phi) is 2.77. The maximum atomic E-state index is 3.54. The van der Waals surface area contributed by atoms with Crippen LogP contribution in [0.1, 0.15) is 19.8 Å². The van der Waals surface area contributed by atoms with E-state index in [1.807, 2.05) is 0 Å². The maximum Gasteiger partial charge on any atom is 0.0352 e. The van der Waals surface area contributed by atoms with E-state index in [1.54, 1.807) is 0 Å². The van der Waals surface area contributed by atoms with Crippen LogP contribution < -0.4 is 5.32 Å². The zero-order valence-corrected chi connectivity index (χ0v) is 9.91. The van der Waals surface area contributed by atoms with Crippen molar-refractivity contribution >= 4 is 28.3 Å². The summed E-state index contributed by atoms with van der Waals surface area (Å²) in [6.45, 7) is 2.31. The molecular weight excluding hydrogens is 273 g/mol. The highest BCUT2D eigenvalue weighted by molar-refractivity contribution is 14.1. The van der Waals surface area contributed by atoms with Gasteiger partial charge in [-0.3, -0.25) is 0 Å². The third-order valence-electron chi connectivity index (χ3n) is 2.57. The Morgan fingerprint density at radius 2 is 2.15 bits per heavy atom. The fourth-order valence-electron chi connectivity index (χ4n) is 1.83. The molecule has 1 fully saturated rings.